The fourth-order valence-corrected chi connectivity index (χ4v) is 6.24. The first-order chi connectivity index (χ1) is 18.5. The second-order valence-corrected chi connectivity index (χ2v) is 10.7. The molecule has 0 aromatic heterocycles. The van der Waals surface area contributed by atoms with Gasteiger partial charge in [-0.15, -0.1) is 0 Å². The lowest BCUT2D eigenvalue weighted by molar-refractivity contribution is -0.117. The normalized spacial score (nSPS) is 19.9. The van der Waals surface area contributed by atoms with E-state index >= 15 is 0 Å². The van der Waals surface area contributed by atoms with Gasteiger partial charge in [0.2, 0.25) is 0 Å². The van der Waals surface area contributed by atoms with Crippen LogP contribution in [-0.2, 0) is 4.79 Å². The zero-order valence-corrected chi connectivity index (χ0v) is 22.7. The maximum atomic E-state index is 13.4. The Hall–Kier alpha value is -3.69. The standard InChI is InChI=1S/C27H26N4O3S.C2H7N/c1-16-15-19(34-18-9-3-2-4-10-18)11-12-20(16)31-21-13-14-28-26-22(21)23(30-27(31)33)24(35-26)25(32)29-17-7-5-6-8-17;1-3-2/h2-4,9-15,17,26,28H,5-8H2,1H3,(H,29,32)(H,30,33);3H,1-2H3. The lowest BCUT2D eigenvalue weighted by Gasteiger charge is -2.35. The van der Waals surface area contributed by atoms with Crippen LogP contribution >= 0.6 is 11.8 Å². The van der Waals surface area contributed by atoms with Crippen LogP contribution in [0.15, 0.2) is 82.7 Å². The number of dihydropyridines is 1. The Labute approximate surface area is 227 Å². The van der Waals surface area contributed by atoms with E-state index in [0.29, 0.717) is 16.4 Å². The van der Waals surface area contributed by atoms with Crippen molar-refractivity contribution in [3.63, 3.8) is 0 Å². The third-order valence-electron chi connectivity index (χ3n) is 6.72. The summed E-state index contributed by atoms with van der Waals surface area (Å²) in [6.45, 7) is 1.96. The average molecular weight is 532 g/mol. The minimum Gasteiger partial charge on any atom is -0.457 e. The van der Waals surface area contributed by atoms with Gasteiger partial charge in [0.25, 0.3) is 5.91 Å². The molecule has 198 valence electrons. The topological polar surface area (TPSA) is 94.7 Å². The molecule has 1 atom stereocenters. The summed E-state index contributed by atoms with van der Waals surface area (Å²) in [5.74, 6) is 1.35. The number of nitrogens with zero attached hydrogens (tertiary/aromatic N) is 1. The highest BCUT2D eigenvalue weighted by molar-refractivity contribution is 8.05. The Kier molecular flexibility index (Phi) is 7.76. The number of thioether (sulfide) groups is 1. The Morgan fingerprint density at radius 3 is 2.53 bits per heavy atom. The molecule has 3 aliphatic heterocycles. The van der Waals surface area contributed by atoms with E-state index in [0.717, 1.165) is 54.0 Å². The minimum absolute atomic E-state index is 0.104. The molecule has 0 saturated heterocycles. The number of allylic oxidation sites excluding steroid dienone is 1. The third kappa shape index (κ3) is 5.16. The summed E-state index contributed by atoms with van der Waals surface area (Å²) in [6.07, 6.45) is 8.07. The molecule has 0 radical (unpaired) electrons. The number of hydrogen-bond donors (Lipinski definition) is 4. The highest BCUT2D eigenvalue weighted by Gasteiger charge is 2.43. The molecule has 1 aliphatic carbocycles. The van der Waals surface area contributed by atoms with E-state index in [4.69, 9.17) is 4.74 Å². The number of carbonyl (C=O) groups is 2. The summed E-state index contributed by atoms with van der Waals surface area (Å²) in [4.78, 5) is 28.8. The van der Waals surface area contributed by atoms with Crippen molar-refractivity contribution < 1.29 is 14.3 Å². The van der Waals surface area contributed by atoms with Crippen LogP contribution < -0.4 is 30.9 Å². The second-order valence-electron chi connectivity index (χ2n) is 9.58. The number of para-hydroxylation sites is 1. The first-order valence-electron chi connectivity index (χ1n) is 12.9. The van der Waals surface area contributed by atoms with Crippen molar-refractivity contribution in [3.8, 4) is 11.5 Å². The number of aryl methyl sites for hydroxylation is 1. The van der Waals surface area contributed by atoms with E-state index in [1.165, 1.54) is 11.8 Å². The van der Waals surface area contributed by atoms with Gasteiger partial charge in [-0.25, -0.2) is 4.79 Å². The Morgan fingerprint density at radius 1 is 1.08 bits per heavy atom. The van der Waals surface area contributed by atoms with Crippen molar-refractivity contribution in [2.75, 3.05) is 19.0 Å². The van der Waals surface area contributed by atoms with Crippen molar-refractivity contribution in [1.29, 1.82) is 0 Å². The lowest BCUT2D eigenvalue weighted by atomic mass is 10.0. The van der Waals surface area contributed by atoms with Crippen molar-refractivity contribution in [2.24, 2.45) is 0 Å². The largest absolute Gasteiger partial charge is 0.457 e. The van der Waals surface area contributed by atoms with Gasteiger partial charge in [0.05, 0.1) is 22.0 Å². The van der Waals surface area contributed by atoms with E-state index in [2.05, 4.69) is 21.3 Å². The van der Waals surface area contributed by atoms with E-state index in [9.17, 15) is 9.59 Å². The van der Waals surface area contributed by atoms with Crippen LogP contribution in [0.1, 0.15) is 31.2 Å². The first-order valence-corrected chi connectivity index (χ1v) is 13.8. The van der Waals surface area contributed by atoms with E-state index in [-0.39, 0.29) is 23.4 Å². The Balaban J connectivity index is 0.000000937. The fraction of sp³-hybridized carbons (Fsp3) is 0.310. The fourth-order valence-electron chi connectivity index (χ4n) is 5.06. The zero-order chi connectivity index (χ0) is 26.6. The summed E-state index contributed by atoms with van der Waals surface area (Å²) in [5, 5.41) is 12.1. The van der Waals surface area contributed by atoms with Crippen LogP contribution in [0, 0.1) is 6.92 Å². The zero-order valence-electron chi connectivity index (χ0n) is 21.8. The molecule has 2 aromatic rings. The van der Waals surface area contributed by atoms with Crippen molar-refractivity contribution in [3.05, 3.63) is 88.2 Å². The van der Waals surface area contributed by atoms with Gasteiger partial charge in [0.1, 0.15) is 16.9 Å². The molecule has 4 N–H and O–H groups in total. The van der Waals surface area contributed by atoms with Crippen LogP contribution in [0.2, 0.25) is 0 Å². The molecule has 0 spiro atoms. The van der Waals surface area contributed by atoms with E-state index in [1.54, 1.807) is 4.90 Å². The number of anilines is 1. The van der Waals surface area contributed by atoms with Crippen molar-refractivity contribution in [1.82, 2.24) is 21.3 Å². The molecule has 6 rings (SSSR count). The molecule has 1 saturated carbocycles. The molecule has 2 aromatic carbocycles. The van der Waals surface area contributed by atoms with Gasteiger partial charge in [-0.3, -0.25) is 9.69 Å². The SMILES string of the molecule is CNC.Cc1cc(Oc2ccccc2)ccc1N1C(=O)NC2=C(C(=O)NC3CCCC3)SC3NC=CC1=C23. The number of urea groups is 1. The van der Waals surface area contributed by atoms with Gasteiger partial charge in [-0.1, -0.05) is 42.8 Å². The maximum Gasteiger partial charge on any atom is 0.331 e. The van der Waals surface area contributed by atoms with E-state index < -0.39 is 0 Å². The van der Waals surface area contributed by atoms with Gasteiger partial charge in [0, 0.05) is 11.6 Å². The number of ether oxygens (including phenoxy) is 1. The highest BCUT2D eigenvalue weighted by atomic mass is 32.2. The summed E-state index contributed by atoms with van der Waals surface area (Å²) < 4.78 is 5.96. The quantitative estimate of drug-likeness (QED) is 0.440. The predicted octanol–water partition coefficient (Wildman–Crippen LogP) is 4.87. The number of benzene rings is 2. The Bertz CT molecular complexity index is 1310. The Morgan fingerprint density at radius 2 is 1.82 bits per heavy atom. The number of hydrogen-bond acceptors (Lipinski definition) is 6. The van der Waals surface area contributed by atoms with Gasteiger partial charge in [0.15, 0.2) is 0 Å². The molecule has 38 heavy (non-hydrogen) atoms. The summed E-state index contributed by atoms with van der Waals surface area (Å²) in [5.41, 5.74) is 4.00. The molecule has 4 aliphatic rings. The molecule has 1 fully saturated rings. The molecule has 1 unspecified atom stereocenters. The molecule has 0 bridgehead atoms. The smallest absolute Gasteiger partial charge is 0.331 e. The average Bonchev–Trinajstić information content (AvgIpc) is 3.55. The van der Waals surface area contributed by atoms with Crippen LogP contribution in [0.25, 0.3) is 0 Å². The molecule has 3 amide bonds. The van der Waals surface area contributed by atoms with E-state index in [1.807, 2.05) is 81.8 Å². The van der Waals surface area contributed by atoms with Crippen LogP contribution in [0.3, 0.4) is 0 Å². The van der Waals surface area contributed by atoms with Gasteiger partial charge in [-0.05, 0) is 82.0 Å². The van der Waals surface area contributed by atoms with Crippen molar-refractivity contribution >= 4 is 29.4 Å². The lowest BCUT2D eigenvalue weighted by Crippen LogP contribution is -2.47. The predicted molar refractivity (Wildman–Crippen MR) is 152 cm³/mol. The molecule has 3 heterocycles. The maximum absolute atomic E-state index is 13.4. The summed E-state index contributed by atoms with van der Waals surface area (Å²) in [7, 11) is 3.75. The highest BCUT2D eigenvalue weighted by Crippen LogP contribution is 2.46. The van der Waals surface area contributed by atoms with Crippen LogP contribution in [0.5, 0.6) is 11.5 Å². The number of nitrogens with one attached hydrogen (secondary N) is 4. The van der Waals surface area contributed by atoms with Gasteiger partial charge in [-0.2, -0.15) is 0 Å². The first kappa shape index (κ1) is 25.9. The minimum atomic E-state index is -0.280. The molecular formula is C29H33N5O3S. The molecule has 8 nitrogen and oxygen atoms in total. The number of carbonyl (C=O) groups excluding carboxylic acids is 2. The summed E-state index contributed by atoms with van der Waals surface area (Å²) >= 11 is 1.46. The van der Waals surface area contributed by atoms with Crippen LogP contribution in [-0.4, -0.2) is 37.4 Å². The number of rotatable bonds is 5. The van der Waals surface area contributed by atoms with Gasteiger partial charge < -0.3 is 26.0 Å². The van der Waals surface area contributed by atoms with Crippen LogP contribution in [0.4, 0.5) is 10.5 Å². The number of amides is 3. The summed E-state index contributed by atoms with van der Waals surface area (Å²) in [6, 6.07) is 15.2. The third-order valence-corrected chi connectivity index (χ3v) is 7.95. The second kappa shape index (κ2) is 11.4. The monoisotopic (exact) mass is 531 g/mol. The molecule has 9 heteroatoms. The van der Waals surface area contributed by atoms with Crippen molar-refractivity contribution in [2.45, 2.75) is 44.0 Å². The molecular weight excluding hydrogens is 498 g/mol. The van der Waals surface area contributed by atoms with Gasteiger partial charge >= 0.3 is 6.03 Å².